The van der Waals surface area contributed by atoms with Crippen molar-refractivity contribution >= 4 is 13.0 Å². The van der Waals surface area contributed by atoms with E-state index in [-0.39, 0.29) is 5.41 Å². The van der Waals surface area contributed by atoms with Gasteiger partial charge < -0.3 is 26.9 Å². The molecule has 3 rings (SSSR count). The molecule has 1 aliphatic heterocycles. The van der Waals surface area contributed by atoms with Gasteiger partial charge in [-0.2, -0.15) is 0 Å². The van der Waals surface area contributed by atoms with Gasteiger partial charge in [0.2, 0.25) is 5.78 Å². The molecule has 1 heterocycles. The van der Waals surface area contributed by atoms with Crippen LogP contribution >= 0.6 is 0 Å². The molecule has 1 saturated heterocycles. The van der Waals surface area contributed by atoms with Gasteiger partial charge in [0.1, 0.15) is 0 Å². The molecule has 150 valence electrons. The van der Waals surface area contributed by atoms with Crippen LogP contribution in [0.1, 0.15) is 26.7 Å². The van der Waals surface area contributed by atoms with E-state index < -0.39 is 28.5 Å². The van der Waals surface area contributed by atoms with Crippen LogP contribution in [0.5, 0.6) is 0 Å². The molecule has 0 saturated carbocycles. The van der Waals surface area contributed by atoms with Crippen LogP contribution in [0.15, 0.2) is 39.6 Å². The van der Waals surface area contributed by atoms with E-state index in [1.165, 1.54) is 9.27 Å². The highest BCUT2D eigenvalue weighted by molar-refractivity contribution is 6.50. The molecule has 27 heavy (non-hydrogen) atoms. The number of hydrogen-bond donors (Lipinski definition) is 0. The summed E-state index contributed by atoms with van der Waals surface area (Å²) in [5.74, 6) is 0.370. The number of morpholine rings is 1. The van der Waals surface area contributed by atoms with E-state index in [1.54, 1.807) is 0 Å². The molecular formula is C18H23BF4INO2. The Morgan fingerprint density at radius 1 is 1.04 bits per heavy atom. The van der Waals surface area contributed by atoms with Gasteiger partial charge in [-0.05, 0) is 24.0 Å². The first-order valence-corrected chi connectivity index (χ1v) is 10.9. The summed E-state index contributed by atoms with van der Waals surface area (Å²) >= 11 is -0.396. The molecular weight excluding hydrogens is 476 g/mol. The van der Waals surface area contributed by atoms with E-state index in [0.29, 0.717) is 12.2 Å². The van der Waals surface area contributed by atoms with Gasteiger partial charge in [0.15, 0.2) is 3.57 Å². The van der Waals surface area contributed by atoms with Crippen molar-refractivity contribution in [2.24, 2.45) is 5.41 Å². The van der Waals surface area contributed by atoms with E-state index in [0.717, 1.165) is 36.3 Å². The van der Waals surface area contributed by atoms with Crippen molar-refractivity contribution in [2.75, 3.05) is 26.3 Å². The molecule has 1 aliphatic carbocycles. The molecule has 0 amide bonds. The molecule has 1 fully saturated rings. The summed E-state index contributed by atoms with van der Waals surface area (Å²) < 4.78 is 46.9. The SMILES string of the molecule is CC1(C)CC(=O)C([I+]c2ccccc2)=C(N2CCOCC2)C1.F[B-](F)(F)F. The molecule has 0 radical (unpaired) electrons. The number of carbonyl (C=O) groups is 1. The van der Waals surface area contributed by atoms with Crippen LogP contribution in [-0.2, 0) is 9.53 Å². The lowest BCUT2D eigenvalue weighted by Gasteiger charge is -2.37. The van der Waals surface area contributed by atoms with E-state index >= 15 is 0 Å². The van der Waals surface area contributed by atoms with Crippen molar-refractivity contribution in [1.29, 1.82) is 0 Å². The fraction of sp³-hybridized carbons (Fsp3) is 0.500. The van der Waals surface area contributed by atoms with Gasteiger partial charge >= 0.3 is 28.5 Å². The average Bonchev–Trinajstić information content (AvgIpc) is 2.57. The maximum absolute atomic E-state index is 12.8. The van der Waals surface area contributed by atoms with Gasteiger partial charge in [-0.15, -0.1) is 0 Å². The molecule has 1 aromatic rings. The Hall–Kier alpha value is -1.10. The zero-order chi connectivity index (χ0) is 20.1. The Labute approximate surface area is 167 Å². The van der Waals surface area contributed by atoms with Crippen LogP contribution in [0.4, 0.5) is 17.3 Å². The number of carbonyl (C=O) groups excluding carboxylic acids is 1. The predicted octanol–water partition coefficient (Wildman–Crippen LogP) is 1.18. The van der Waals surface area contributed by atoms with Crippen molar-refractivity contribution in [1.82, 2.24) is 4.90 Å². The molecule has 3 nitrogen and oxygen atoms in total. The Morgan fingerprint density at radius 3 is 2.15 bits per heavy atom. The van der Waals surface area contributed by atoms with Crippen molar-refractivity contribution in [3.8, 4) is 0 Å². The lowest BCUT2D eigenvalue weighted by atomic mass is 9.78. The minimum Gasteiger partial charge on any atom is -0.418 e. The zero-order valence-corrected chi connectivity index (χ0v) is 17.5. The summed E-state index contributed by atoms with van der Waals surface area (Å²) in [5.41, 5.74) is 1.38. The molecule has 1 aromatic carbocycles. The third-order valence-corrected chi connectivity index (χ3v) is 7.22. The lowest BCUT2D eigenvalue weighted by Crippen LogP contribution is -3.61. The topological polar surface area (TPSA) is 29.5 Å². The molecule has 0 N–H and O–H groups in total. The van der Waals surface area contributed by atoms with Crippen molar-refractivity contribution in [3.63, 3.8) is 0 Å². The molecule has 0 bridgehead atoms. The second kappa shape index (κ2) is 9.40. The van der Waals surface area contributed by atoms with Crippen molar-refractivity contribution < 1.29 is 48.0 Å². The standard InChI is InChI=1S/C18H23INO2.BF4/c1-18(2)12-15(20-8-10-22-11-9-20)17(16(21)13-18)19-14-6-4-3-5-7-14;2-1(3,4)5/h3-7H,8-13H2,1-2H3;/q+1;-1. The van der Waals surface area contributed by atoms with Crippen LogP contribution in [0, 0.1) is 8.99 Å². The third kappa shape index (κ3) is 7.81. The summed E-state index contributed by atoms with van der Waals surface area (Å²) in [4.78, 5) is 15.2. The lowest BCUT2D eigenvalue weighted by molar-refractivity contribution is -0.572. The summed E-state index contributed by atoms with van der Waals surface area (Å²) in [7, 11) is -6.00. The van der Waals surface area contributed by atoms with Gasteiger partial charge in [0, 0.05) is 19.5 Å². The molecule has 0 unspecified atom stereocenters. The highest BCUT2D eigenvalue weighted by atomic mass is 127. The Morgan fingerprint density at radius 2 is 1.59 bits per heavy atom. The Bertz CT molecular complexity index is 668. The zero-order valence-electron chi connectivity index (χ0n) is 15.4. The fourth-order valence-electron chi connectivity index (χ4n) is 3.04. The highest BCUT2D eigenvalue weighted by Gasteiger charge is 2.42. The summed E-state index contributed by atoms with van der Waals surface area (Å²) in [6, 6.07) is 10.5. The van der Waals surface area contributed by atoms with Crippen LogP contribution in [0.3, 0.4) is 0 Å². The first-order valence-electron chi connectivity index (χ1n) is 8.71. The number of halogens is 5. The van der Waals surface area contributed by atoms with Crippen LogP contribution < -0.4 is 21.2 Å². The Kier molecular flexibility index (Phi) is 7.73. The molecule has 0 aromatic heterocycles. The van der Waals surface area contributed by atoms with Crippen LogP contribution in [0.2, 0.25) is 0 Å². The molecule has 0 atom stereocenters. The maximum Gasteiger partial charge on any atom is 0.673 e. The number of hydrogen-bond acceptors (Lipinski definition) is 3. The number of ether oxygens (including phenoxy) is 1. The number of Topliss-reactive ketones (excluding diaryl/α,β-unsaturated/α-hetero) is 1. The van der Waals surface area contributed by atoms with E-state index in [4.69, 9.17) is 4.74 Å². The first kappa shape index (κ1) is 22.2. The maximum atomic E-state index is 12.8. The minimum atomic E-state index is -6.00. The molecule has 9 heteroatoms. The first-order chi connectivity index (χ1) is 12.6. The molecule has 0 spiro atoms. The van der Waals surface area contributed by atoms with Crippen molar-refractivity contribution in [2.45, 2.75) is 26.7 Å². The third-order valence-electron chi connectivity index (χ3n) is 4.11. The summed E-state index contributed by atoms with van der Waals surface area (Å²) in [6.45, 7) is 7.80. The summed E-state index contributed by atoms with van der Waals surface area (Å²) in [5, 5.41) is 0. The van der Waals surface area contributed by atoms with E-state index in [1.807, 2.05) is 6.07 Å². The van der Waals surface area contributed by atoms with E-state index in [9.17, 15) is 22.1 Å². The van der Waals surface area contributed by atoms with Crippen LogP contribution in [0.25, 0.3) is 0 Å². The van der Waals surface area contributed by atoms with Gasteiger partial charge in [-0.25, -0.2) is 0 Å². The molecule has 2 aliphatic rings. The quantitative estimate of drug-likeness (QED) is 0.356. The summed E-state index contributed by atoms with van der Waals surface area (Å²) in [6.07, 6.45) is 1.70. The minimum absolute atomic E-state index is 0.0780. The fourth-order valence-corrected chi connectivity index (χ4v) is 5.78. The van der Waals surface area contributed by atoms with E-state index in [2.05, 4.69) is 43.0 Å². The van der Waals surface area contributed by atoms with Gasteiger partial charge in [-0.3, -0.25) is 4.79 Å². The van der Waals surface area contributed by atoms with Gasteiger partial charge in [0.25, 0.3) is 3.58 Å². The number of allylic oxidation sites excluding steroid dienone is 2. The average molecular weight is 499 g/mol. The van der Waals surface area contributed by atoms with Crippen molar-refractivity contribution in [3.05, 3.63) is 43.2 Å². The number of rotatable bonds is 3. The monoisotopic (exact) mass is 499 g/mol. The van der Waals surface area contributed by atoms with Gasteiger partial charge in [0.05, 0.1) is 18.9 Å². The largest absolute Gasteiger partial charge is 0.673 e. The predicted molar refractivity (Wildman–Crippen MR) is 92.8 cm³/mol. The highest BCUT2D eigenvalue weighted by Crippen LogP contribution is 2.36. The Balaban J connectivity index is 0.000000465. The number of nitrogens with zero attached hydrogens (tertiary/aromatic N) is 1. The number of ketones is 1. The second-order valence-corrected chi connectivity index (χ2v) is 10.0. The van der Waals surface area contributed by atoms with Gasteiger partial charge in [-0.1, -0.05) is 32.0 Å². The second-order valence-electron chi connectivity index (χ2n) is 7.19. The number of benzene rings is 1. The normalized spacial score (nSPS) is 20.2. The van der Waals surface area contributed by atoms with Crippen LogP contribution in [-0.4, -0.2) is 44.2 Å². The smallest absolute Gasteiger partial charge is 0.418 e.